The predicted molar refractivity (Wildman–Crippen MR) is 93.3 cm³/mol. The van der Waals surface area contributed by atoms with Crippen molar-refractivity contribution in [3.63, 3.8) is 0 Å². The van der Waals surface area contributed by atoms with E-state index in [9.17, 15) is 9.59 Å². The fourth-order valence-electron chi connectivity index (χ4n) is 2.69. The van der Waals surface area contributed by atoms with Crippen molar-refractivity contribution >= 4 is 29.1 Å². The lowest BCUT2D eigenvalue weighted by Crippen LogP contribution is -2.29. The summed E-state index contributed by atoms with van der Waals surface area (Å²) in [6, 6.07) is 14.9. The van der Waals surface area contributed by atoms with Gasteiger partial charge in [-0.25, -0.2) is 4.90 Å². The molecule has 1 aliphatic heterocycles. The number of carbonyl (C=O) groups is 2. The molecule has 1 aromatic heterocycles. The fraction of sp³-hybridized carbons (Fsp3) is 0. The van der Waals surface area contributed by atoms with E-state index in [0.717, 1.165) is 4.90 Å². The van der Waals surface area contributed by atoms with Gasteiger partial charge in [-0.3, -0.25) is 14.6 Å². The quantitative estimate of drug-likeness (QED) is 0.660. The molecule has 0 aliphatic carbocycles. The van der Waals surface area contributed by atoms with Crippen molar-refractivity contribution in [3.05, 3.63) is 83.1 Å². The molecule has 1 aliphatic rings. The maximum absolute atomic E-state index is 12.7. The van der Waals surface area contributed by atoms with Crippen molar-refractivity contribution in [2.75, 3.05) is 4.90 Å². The number of hydrogen-bond donors (Lipinski definition) is 0. The van der Waals surface area contributed by atoms with Crippen LogP contribution in [0.1, 0.15) is 20.7 Å². The van der Waals surface area contributed by atoms with Crippen LogP contribution in [-0.4, -0.2) is 16.8 Å². The smallest absolute Gasteiger partial charge is 0.266 e. The van der Waals surface area contributed by atoms with Crippen molar-refractivity contribution in [1.82, 2.24) is 4.98 Å². The number of hydrogen-bond acceptors (Lipinski definition) is 4. The highest BCUT2D eigenvalue weighted by Crippen LogP contribution is 2.38. The highest BCUT2D eigenvalue weighted by Gasteiger charge is 2.38. The number of pyridine rings is 1. The number of ether oxygens (including phenoxy) is 1. The second-order valence-electron chi connectivity index (χ2n) is 5.39. The fourth-order valence-corrected chi connectivity index (χ4v) is 2.86. The number of amides is 2. The molecule has 5 nitrogen and oxygen atoms in total. The van der Waals surface area contributed by atoms with Gasteiger partial charge < -0.3 is 4.74 Å². The first-order chi connectivity index (χ1) is 12.1. The lowest BCUT2D eigenvalue weighted by atomic mass is 10.1. The predicted octanol–water partition coefficient (Wildman–Crippen LogP) is 4.33. The van der Waals surface area contributed by atoms with Crippen LogP contribution in [0.4, 0.5) is 5.69 Å². The zero-order valence-corrected chi connectivity index (χ0v) is 13.6. The van der Waals surface area contributed by atoms with Crippen molar-refractivity contribution < 1.29 is 14.3 Å². The summed E-state index contributed by atoms with van der Waals surface area (Å²) in [7, 11) is 0. The van der Waals surface area contributed by atoms with E-state index >= 15 is 0 Å². The number of nitrogens with zero attached hydrogens (tertiary/aromatic N) is 2. The first-order valence-electron chi connectivity index (χ1n) is 7.50. The van der Waals surface area contributed by atoms with Crippen molar-refractivity contribution in [2.45, 2.75) is 0 Å². The Balaban J connectivity index is 1.80. The number of fused-ring (bicyclic) bond motifs is 1. The van der Waals surface area contributed by atoms with Crippen LogP contribution in [0.15, 0.2) is 67.0 Å². The zero-order chi connectivity index (χ0) is 17.4. The summed E-state index contributed by atoms with van der Waals surface area (Å²) in [5, 5.41) is 0.394. The molecule has 2 aromatic carbocycles. The first-order valence-corrected chi connectivity index (χ1v) is 7.88. The van der Waals surface area contributed by atoms with E-state index in [0.29, 0.717) is 33.3 Å². The zero-order valence-electron chi connectivity index (χ0n) is 12.8. The van der Waals surface area contributed by atoms with Gasteiger partial charge in [-0.05, 0) is 42.5 Å². The minimum Gasteiger partial charge on any atom is -0.454 e. The number of imide groups is 1. The van der Waals surface area contributed by atoms with E-state index in [1.165, 1.54) is 6.07 Å². The average molecular weight is 351 g/mol. The molecule has 0 radical (unpaired) electrons. The van der Waals surface area contributed by atoms with Gasteiger partial charge in [0.1, 0.15) is 5.75 Å². The Morgan fingerprint density at radius 2 is 1.64 bits per heavy atom. The molecule has 0 bridgehead atoms. The van der Waals surface area contributed by atoms with E-state index in [1.807, 2.05) is 0 Å². The van der Waals surface area contributed by atoms with Crippen LogP contribution in [-0.2, 0) is 0 Å². The van der Waals surface area contributed by atoms with Gasteiger partial charge in [-0.15, -0.1) is 0 Å². The minimum atomic E-state index is -0.404. The molecule has 25 heavy (non-hydrogen) atoms. The minimum absolute atomic E-state index is 0.294. The van der Waals surface area contributed by atoms with Gasteiger partial charge in [-0.1, -0.05) is 23.7 Å². The third-order valence-corrected chi connectivity index (χ3v) is 4.05. The normalized spacial score (nSPS) is 13.1. The number of benzene rings is 2. The van der Waals surface area contributed by atoms with Gasteiger partial charge in [-0.2, -0.15) is 0 Å². The highest BCUT2D eigenvalue weighted by atomic mass is 35.5. The Kier molecular flexibility index (Phi) is 3.71. The average Bonchev–Trinajstić information content (AvgIpc) is 2.89. The van der Waals surface area contributed by atoms with Crippen LogP contribution in [0.2, 0.25) is 5.02 Å². The molecule has 0 saturated heterocycles. The molecule has 6 heteroatoms. The Morgan fingerprint density at radius 1 is 0.920 bits per heavy atom. The molecule has 2 heterocycles. The van der Waals surface area contributed by atoms with Crippen molar-refractivity contribution in [3.8, 4) is 11.5 Å². The first kappa shape index (κ1) is 15.4. The van der Waals surface area contributed by atoms with Gasteiger partial charge >= 0.3 is 0 Å². The van der Waals surface area contributed by atoms with Crippen LogP contribution >= 0.6 is 11.6 Å². The molecular formula is C19H11ClN2O3. The second kappa shape index (κ2) is 6.03. The molecule has 0 fully saturated rings. The van der Waals surface area contributed by atoms with Gasteiger partial charge in [0, 0.05) is 11.2 Å². The topological polar surface area (TPSA) is 59.5 Å². The third-order valence-electron chi connectivity index (χ3n) is 3.82. The maximum atomic E-state index is 12.7. The van der Waals surface area contributed by atoms with Crippen LogP contribution in [0.25, 0.3) is 0 Å². The van der Waals surface area contributed by atoms with Gasteiger partial charge in [0.25, 0.3) is 11.8 Å². The maximum Gasteiger partial charge on any atom is 0.266 e. The monoisotopic (exact) mass is 350 g/mol. The molecule has 122 valence electrons. The molecule has 0 N–H and O–H groups in total. The molecule has 4 rings (SSSR count). The summed E-state index contributed by atoms with van der Waals surface area (Å²) in [6.07, 6.45) is 3.17. The third kappa shape index (κ3) is 2.64. The molecule has 0 saturated carbocycles. The molecular weight excluding hydrogens is 340 g/mol. The van der Waals surface area contributed by atoms with Gasteiger partial charge in [0.15, 0.2) is 5.75 Å². The van der Waals surface area contributed by atoms with E-state index < -0.39 is 11.8 Å². The lowest BCUT2D eigenvalue weighted by molar-refractivity contribution is 0.0925. The second-order valence-corrected chi connectivity index (χ2v) is 5.83. The lowest BCUT2D eigenvalue weighted by Gasteiger charge is -2.18. The van der Waals surface area contributed by atoms with E-state index in [1.54, 1.807) is 60.9 Å². The van der Waals surface area contributed by atoms with Crippen LogP contribution in [0.3, 0.4) is 0 Å². The van der Waals surface area contributed by atoms with Crippen LogP contribution < -0.4 is 9.64 Å². The largest absolute Gasteiger partial charge is 0.454 e. The Hall–Kier alpha value is -3.18. The molecule has 3 aromatic rings. The van der Waals surface area contributed by atoms with Gasteiger partial charge in [0.05, 0.1) is 23.0 Å². The van der Waals surface area contributed by atoms with Crippen LogP contribution in [0.5, 0.6) is 11.5 Å². The highest BCUT2D eigenvalue weighted by molar-refractivity contribution is 6.36. The number of anilines is 1. The van der Waals surface area contributed by atoms with E-state index in [4.69, 9.17) is 16.3 Å². The molecule has 2 amide bonds. The molecule has 0 spiro atoms. The SMILES string of the molecule is O=C1c2ccccc2C(=O)N1c1cc(Cl)ccc1Oc1cccnc1. The van der Waals surface area contributed by atoms with Crippen LogP contribution in [0, 0.1) is 0 Å². The van der Waals surface area contributed by atoms with Gasteiger partial charge in [0.2, 0.25) is 0 Å². The molecule has 0 unspecified atom stereocenters. The summed E-state index contributed by atoms with van der Waals surface area (Å²) in [4.78, 5) is 30.5. The summed E-state index contributed by atoms with van der Waals surface area (Å²) in [5.74, 6) is 0.0207. The molecule has 0 atom stereocenters. The Bertz CT molecular complexity index is 954. The number of aromatic nitrogens is 1. The van der Waals surface area contributed by atoms with E-state index in [2.05, 4.69) is 4.98 Å². The summed E-state index contributed by atoms with van der Waals surface area (Å²) >= 11 is 6.09. The van der Waals surface area contributed by atoms with E-state index in [-0.39, 0.29) is 0 Å². The number of halogens is 1. The Labute approximate surface area is 148 Å². The Morgan fingerprint density at radius 3 is 2.28 bits per heavy atom. The van der Waals surface area contributed by atoms with Crippen molar-refractivity contribution in [2.24, 2.45) is 0 Å². The number of carbonyl (C=O) groups excluding carboxylic acids is 2. The number of rotatable bonds is 3. The summed E-state index contributed by atoms with van der Waals surface area (Å²) in [6.45, 7) is 0. The standard InChI is InChI=1S/C19H11ClN2O3/c20-12-7-8-17(25-13-4-3-9-21-11-13)16(10-12)22-18(23)14-5-1-2-6-15(14)19(22)24/h1-11H. The summed E-state index contributed by atoms with van der Waals surface area (Å²) in [5.41, 5.74) is 1.02. The summed E-state index contributed by atoms with van der Waals surface area (Å²) < 4.78 is 5.81. The van der Waals surface area contributed by atoms with Crippen molar-refractivity contribution in [1.29, 1.82) is 0 Å².